The standard InChI is InChI=1S/C20H14N4O6/c25-20(29-12-18-22-23-19(30-18)17-7-4-10-28-17)13-8-9-15(16(11-13)24(26)27)21-14-5-2-1-3-6-14/h1-11,21H,12H2. The highest BCUT2D eigenvalue weighted by atomic mass is 16.6. The molecule has 0 radical (unpaired) electrons. The second kappa shape index (κ2) is 8.27. The van der Waals surface area contributed by atoms with Gasteiger partial charge in [0.05, 0.1) is 16.7 Å². The van der Waals surface area contributed by atoms with Crippen molar-refractivity contribution in [3.8, 4) is 11.7 Å². The molecule has 1 N–H and O–H groups in total. The zero-order valence-corrected chi connectivity index (χ0v) is 15.3. The fourth-order valence-corrected chi connectivity index (χ4v) is 2.61. The van der Waals surface area contributed by atoms with E-state index in [1.54, 1.807) is 36.4 Å². The zero-order chi connectivity index (χ0) is 20.9. The summed E-state index contributed by atoms with van der Waals surface area (Å²) in [5, 5.41) is 22.0. The van der Waals surface area contributed by atoms with E-state index in [0.717, 1.165) is 6.07 Å². The third-order valence-corrected chi connectivity index (χ3v) is 4.01. The summed E-state index contributed by atoms with van der Waals surface area (Å²) >= 11 is 0. The summed E-state index contributed by atoms with van der Waals surface area (Å²) in [6.45, 7) is -0.287. The molecule has 0 aliphatic heterocycles. The van der Waals surface area contributed by atoms with E-state index in [4.69, 9.17) is 13.6 Å². The van der Waals surface area contributed by atoms with Gasteiger partial charge < -0.3 is 18.9 Å². The molecule has 4 rings (SSSR count). The van der Waals surface area contributed by atoms with Crippen LogP contribution in [-0.2, 0) is 11.3 Å². The average Bonchev–Trinajstić information content (AvgIpc) is 3.45. The lowest BCUT2D eigenvalue weighted by Gasteiger charge is -2.08. The summed E-state index contributed by atoms with van der Waals surface area (Å²) in [6, 6.07) is 16.3. The van der Waals surface area contributed by atoms with Crippen molar-refractivity contribution in [2.75, 3.05) is 5.32 Å². The molecule has 0 fully saturated rings. The van der Waals surface area contributed by atoms with E-state index >= 15 is 0 Å². The minimum absolute atomic E-state index is 0.0195. The monoisotopic (exact) mass is 406 g/mol. The molecule has 10 heteroatoms. The first-order valence-electron chi connectivity index (χ1n) is 8.74. The van der Waals surface area contributed by atoms with Gasteiger partial charge in [0.2, 0.25) is 0 Å². The molecular weight excluding hydrogens is 392 g/mol. The molecule has 0 saturated heterocycles. The van der Waals surface area contributed by atoms with Gasteiger partial charge in [0.25, 0.3) is 17.5 Å². The van der Waals surface area contributed by atoms with Crippen LogP contribution in [-0.4, -0.2) is 21.1 Å². The molecule has 30 heavy (non-hydrogen) atoms. The number of anilines is 2. The maximum Gasteiger partial charge on any atom is 0.338 e. The molecular formula is C20H14N4O6. The first-order chi connectivity index (χ1) is 14.6. The third kappa shape index (κ3) is 4.17. The molecule has 4 aromatic rings. The van der Waals surface area contributed by atoms with E-state index in [1.807, 2.05) is 6.07 Å². The van der Waals surface area contributed by atoms with E-state index in [0.29, 0.717) is 11.4 Å². The second-order valence-corrected chi connectivity index (χ2v) is 6.03. The molecule has 0 atom stereocenters. The van der Waals surface area contributed by atoms with Crippen LogP contribution in [0.2, 0.25) is 0 Å². The maximum atomic E-state index is 12.3. The lowest BCUT2D eigenvalue weighted by molar-refractivity contribution is -0.383. The molecule has 2 heterocycles. The van der Waals surface area contributed by atoms with Crippen LogP contribution in [0.4, 0.5) is 17.1 Å². The number of carbonyl (C=O) groups is 1. The molecule has 2 aromatic carbocycles. The predicted octanol–water partition coefficient (Wildman–Crippen LogP) is 4.34. The lowest BCUT2D eigenvalue weighted by atomic mass is 10.1. The van der Waals surface area contributed by atoms with Crippen LogP contribution in [0.15, 0.2) is 75.8 Å². The Balaban J connectivity index is 1.46. The summed E-state index contributed by atoms with van der Waals surface area (Å²) in [7, 11) is 0. The van der Waals surface area contributed by atoms with Gasteiger partial charge in [-0.3, -0.25) is 10.1 Å². The highest BCUT2D eigenvalue weighted by Gasteiger charge is 2.19. The number of nitro benzene ring substituents is 1. The number of aromatic nitrogens is 2. The van der Waals surface area contributed by atoms with Crippen molar-refractivity contribution in [3.63, 3.8) is 0 Å². The quantitative estimate of drug-likeness (QED) is 0.270. The van der Waals surface area contributed by atoms with Crippen LogP contribution >= 0.6 is 0 Å². The number of ether oxygens (including phenoxy) is 1. The Hall–Kier alpha value is -4.47. The van der Waals surface area contributed by atoms with E-state index < -0.39 is 10.9 Å². The van der Waals surface area contributed by atoms with Crippen LogP contribution in [0.3, 0.4) is 0 Å². The fraction of sp³-hybridized carbons (Fsp3) is 0.0500. The van der Waals surface area contributed by atoms with E-state index in [9.17, 15) is 14.9 Å². The van der Waals surface area contributed by atoms with Gasteiger partial charge in [0, 0.05) is 11.8 Å². The Morgan fingerprint density at radius 3 is 2.67 bits per heavy atom. The van der Waals surface area contributed by atoms with Gasteiger partial charge in [-0.2, -0.15) is 0 Å². The van der Waals surface area contributed by atoms with Crippen LogP contribution in [0.5, 0.6) is 0 Å². The van der Waals surface area contributed by atoms with Crippen molar-refractivity contribution >= 4 is 23.0 Å². The maximum absolute atomic E-state index is 12.3. The molecule has 0 saturated carbocycles. The van der Waals surface area contributed by atoms with Gasteiger partial charge in [-0.25, -0.2) is 4.79 Å². The normalized spacial score (nSPS) is 10.5. The summed E-state index contributed by atoms with van der Waals surface area (Å²) in [4.78, 5) is 23.2. The molecule has 0 aliphatic rings. The van der Waals surface area contributed by atoms with Gasteiger partial charge in [-0.15, -0.1) is 10.2 Å². The second-order valence-electron chi connectivity index (χ2n) is 6.03. The minimum Gasteiger partial charge on any atom is -0.459 e. The number of esters is 1. The first kappa shape index (κ1) is 18.9. The number of nitrogens with zero attached hydrogens (tertiary/aromatic N) is 3. The minimum atomic E-state index is -0.762. The third-order valence-electron chi connectivity index (χ3n) is 4.01. The summed E-state index contributed by atoms with van der Waals surface area (Å²) in [5.74, 6) is -0.163. The SMILES string of the molecule is O=C(OCc1nnc(-c2ccco2)o1)c1ccc(Nc2ccccc2)c([N+](=O)[O-])c1. The largest absolute Gasteiger partial charge is 0.459 e. The van der Waals surface area contributed by atoms with Crippen LogP contribution in [0, 0.1) is 10.1 Å². The Morgan fingerprint density at radius 1 is 1.10 bits per heavy atom. The number of para-hydroxylation sites is 1. The van der Waals surface area contributed by atoms with Crippen LogP contribution < -0.4 is 5.32 Å². The molecule has 0 aliphatic carbocycles. The summed E-state index contributed by atoms with van der Waals surface area (Å²) in [5.41, 5.74) is 0.694. The van der Waals surface area contributed by atoms with E-state index in [1.165, 1.54) is 18.4 Å². The topological polar surface area (TPSA) is 134 Å². The molecule has 0 unspecified atom stereocenters. The first-order valence-corrected chi connectivity index (χ1v) is 8.74. The molecule has 150 valence electrons. The molecule has 0 amide bonds. The fourth-order valence-electron chi connectivity index (χ4n) is 2.61. The number of carbonyl (C=O) groups excluding carboxylic acids is 1. The number of nitrogens with one attached hydrogen (secondary N) is 1. The average molecular weight is 406 g/mol. The summed E-state index contributed by atoms with van der Waals surface area (Å²) < 4.78 is 15.6. The van der Waals surface area contributed by atoms with Crippen LogP contribution in [0.25, 0.3) is 11.7 Å². The van der Waals surface area contributed by atoms with Gasteiger partial charge in [-0.05, 0) is 36.4 Å². The molecule has 10 nitrogen and oxygen atoms in total. The highest BCUT2D eigenvalue weighted by Crippen LogP contribution is 2.29. The van der Waals surface area contributed by atoms with Gasteiger partial charge in [0.1, 0.15) is 5.69 Å². The lowest BCUT2D eigenvalue weighted by Crippen LogP contribution is -2.07. The predicted molar refractivity (Wildman–Crippen MR) is 104 cm³/mol. The molecule has 0 spiro atoms. The van der Waals surface area contributed by atoms with Crippen molar-refractivity contribution in [1.82, 2.24) is 10.2 Å². The van der Waals surface area contributed by atoms with Gasteiger partial charge in [-0.1, -0.05) is 18.2 Å². The van der Waals surface area contributed by atoms with E-state index in [-0.39, 0.29) is 35.3 Å². The van der Waals surface area contributed by atoms with Crippen LogP contribution in [0.1, 0.15) is 16.2 Å². The van der Waals surface area contributed by atoms with Crippen molar-refractivity contribution < 1.29 is 23.3 Å². The Labute approximate surface area is 169 Å². The number of nitro groups is 1. The number of furan rings is 1. The van der Waals surface area contributed by atoms with Crippen molar-refractivity contribution in [3.05, 3.63) is 88.5 Å². The summed E-state index contributed by atoms with van der Waals surface area (Å²) in [6.07, 6.45) is 1.46. The molecule has 2 aromatic heterocycles. The number of hydrogen-bond donors (Lipinski definition) is 1. The number of rotatable bonds is 7. The smallest absolute Gasteiger partial charge is 0.338 e. The van der Waals surface area contributed by atoms with Gasteiger partial charge in [0.15, 0.2) is 12.4 Å². The van der Waals surface area contributed by atoms with Crippen molar-refractivity contribution in [2.45, 2.75) is 6.61 Å². The Bertz CT molecular complexity index is 1170. The zero-order valence-electron chi connectivity index (χ0n) is 15.3. The highest BCUT2D eigenvalue weighted by molar-refractivity contribution is 5.91. The molecule has 0 bridgehead atoms. The van der Waals surface area contributed by atoms with Crippen molar-refractivity contribution in [1.29, 1.82) is 0 Å². The van der Waals surface area contributed by atoms with Crippen molar-refractivity contribution in [2.24, 2.45) is 0 Å². The van der Waals surface area contributed by atoms with E-state index in [2.05, 4.69) is 15.5 Å². The Kier molecular flexibility index (Phi) is 5.20. The number of hydrogen-bond acceptors (Lipinski definition) is 9. The Morgan fingerprint density at radius 2 is 1.93 bits per heavy atom. The number of benzene rings is 2. The van der Waals surface area contributed by atoms with Gasteiger partial charge >= 0.3 is 5.97 Å².